The van der Waals surface area contributed by atoms with Crippen LogP contribution in [0.25, 0.3) is 0 Å². The van der Waals surface area contributed by atoms with Crippen molar-refractivity contribution >= 4 is 5.97 Å². The van der Waals surface area contributed by atoms with Crippen molar-refractivity contribution in [2.24, 2.45) is 0 Å². The molecule has 0 aliphatic heterocycles. The summed E-state index contributed by atoms with van der Waals surface area (Å²) in [6, 6.07) is 0. The normalized spacial score (nSPS) is 10.1. The summed E-state index contributed by atoms with van der Waals surface area (Å²) in [5, 5.41) is 9.15. The second-order valence-electron chi connectivity index (χ2n) is 1.13. The summed E-state index contributed by atoms with van der Waals surface area (Å²) in [6.07, 6.45) is 0. The largest absolute Gasteiger partial charge is 1.00 e. The molecule has 0 spiro atoms. The summed E-state index contributed by atoms with van der Waals surface area (Å²) >= 11 is 0. The second kappa shape index (κ2) is 5.03. The molecule has 0 aromatic heterocycles. The number of carboxylic acid groups (broad SMARTS) is 1. The van der Waals surface area contributed by atoms with Gasteiger partial charge in [0.25, 0.3) is 0 Å². The van der Waals surface area contributed by atoms with Gasteiger partial charge >= 0.3 is 74.8 Å². The van der Waals surface area contributed by atoms with Crippen molar-refractivity contribution < 1.29 is 92.0 Å². The molecule has 9 heavy (non-hydrogen) atoms. The molecular formula is C3H2CsF3O2. The van der Waals surface area contributed by atoms with Gasteiger partial charge in [0.05, 0.1) is 0 Å². The van der Waals surface area contributed by atoms with E-state index >= 15 is 0 Å². The van der Waals surface area contributed by atoms with E-state index in [1.165, 1.54) is 0 Å². The summed E-state index contributed by atoms with van der Waals surface area (Å²) in [7, 11) is 0. The van der Waals surface area contributed by atoms with Crippen LogP contribution >= 0.6 is 0 Å². The quantitative estimate of drug-likeness (QED) is 0.513. The second-order valence-corrected chi connectivity index (χ2v) is 1.13. The van der Waals surface area contributed by atoms with Crippen molar-refractivity contribution in [2.75, 3.05) is 6.67 Å². The Morgan fingerprint density at radius 2 is 1.89 bits per heavy atom. The molecule has 0 heterocycles. The Labute approximate surface area is 108 Å². The average Bonchev–Trinajstić information content (AvgIpc) is 1.67. The molecule has 0 atom stereocenters. The fourth-order valence-corrected chi connectivity index (χ4v) is 0.0546. The number of hydrogen-bond donors (Lipinski definition) is 0. The zero-order chi connectivity index (χ0) is 6.78. The van der Waals surface area contributed by atoms with Gasteiger partial charge in [-0.25, -0.2) is 4.39 Å². The van der Waals surface area contributed by atoms with E-state index in [0.29, 0.717) is 0 Å². The third kappa shape index (κ3) is 4.68. The van der Waals surface area contributed by atoms with Crippen LogP contribution in [0, 0.1) is 0 Å². The molecule has 6 heteroatoms. The van der Waals surface area contributed by atoms with Gasteiger partial charge in [0.2, 0.25) is 0 Å². The van der Waals surface area contributed by atoms with Gasteiger partial charge in [-0.1, -0.05) is 0 Å². The molecule has 0 radical (unpaired) electrons. The first kappa shape index (κ1) is 12.9. The van der Waals surface area contributed by atoms with Crippen LogP contribution in [-0.4, -0.2) is 18.6 Å². The van der Waals surface area contributed by atoms with E-state index in [0.717, 1.165) is 0 Å². The van der Waals surface area contributed by atoms with Crippen molar-refractivity contribution in [2.45, 2.75) is 5.92 Å². The minimum Gasteiger partial charge on any atom is -0.544 e. The Morgan fingerprint density at radius 3 is 1.89 bits per heavy atom. The van der Waals surface area contributed by atoms with Crippen LogP contribution < -0.4 is 74.0 Å². The number of halogens is 3. The third-order valence-corrected chi connectivity index (χ3v) is 0.466. The molecule has 0 bridgehead atoms. The van der Waals surface area contributed by atoms with Gasteiger partial charge in [0.15, 0.2) is 6.67 Å². The van der Waals surface area contributed by atoms with Crippen molar-refractivity contribution in [3.05, 3.63) is 0 Å². The molecule has 0 aromatic carbocycles. The molecule has 0 aromatic rings. The first-order chi connectivity index (χ1) is 3.50. The first-order valence-electron chi connectivity index (χ1n) is 1.66. The van der Waals surface area contributed by atoms with Crippen LogP contribution in [0.4, 0.5) is 13.2 Å². The zero-order valence-electron chi connectivity index (χ0n) is 4.66. The van der Waals surface area contributed by atoms with E-state index in [9.17, 15) is 13.2 Å². The van der Waals surface area contributed by atoms with E-state index < -0.39 is 18.6 Å². The molecule has 0 aliphatic rings. The van der Waals surface area contributed by atoms with Crippen molar-refractivity contribution in [3.63, 3.8) is 0 Å². The van der Waals surface area contributed by atoms with Crippen LogP contribution in [-0.2, 0) is 4.79 Å². The van der Waals surface area contributed by atoms with Crippen molar-refractivity contribution in [1.29, 1.82) is 0 Å². The molecule has 0 saturated heterocycles. The number of hydrogen-bond acceptors (Lipinski definition) is 2. The van der Waals surface area contributed by atoms with E-state index in [2.05, 4.69) is 0 Å². The summed E-state index contributed by atoms with van der Waals surface area (Å²) in [6.45, 7) is -2.21. The minimum absolute atomic E-state index is 0. The summed E-state index contributed by atoms with van der Waals surface area (Å²) in [5.41, 5.74) is 0. The van der Waals surface area contributed by atoms with Gasteiger partial charge in [-0.05, 0) is 0 Å². The smallest absolute Gasteiger partial charge is 0.544 e. The van der Waals surface area contributed by atoms with Crippen LogP contribution in [0.2, 0.25) is 0 Å². The Morgan fingerprint density at radius 1 is 1.56 bits per heavy atom. The Balaban J connectivity index is 0. The number of carbonyl (C=O) groups is 1. The topological polar surface area (TPSA) is 40.1 Å². The van der Waals surface area contributed by atoms with Crippen LogP contribution in [0.15, 0.2) is 0 Å². The monoisotopic (exact) mass is 260 g/mol. The fourth-order valence-electron chi connectivity index (χ4n) is 0.0546. The van der Waals surface area contributed by atoms with E-state index in [4.69, 9.17) is 9.90 Å². The first-order valence-corrected chi connectivity index (χ1v) is 1.66. The van der Waals surface area contributed by atoms with Gasteiger partial charge < -0.3 is 9.90 Å². The third-order valence-electron chi connectivity index (χ3n) is 0.466. The zero-order valence-corrected chi connectivity index (χ0v) is 10.9. The Hall–Kier alpha value is 1.31. The van der Waals surface area contributed by atoms with Crippen LogP contribution in [0.1, 0.15) is 0 Å². The van der Waals surface area contributed by atoms with Crippen molar-refractivity contribution in [3.8, 4) is 0 Å². The SMILES string of the molecule is O=C([O-])C(F)(F)CF.[Cs+]. The van der Waals surface area contributed by atoms with Crippen LogP contribution in [0.3, 0.4) is 0 Å². The molecule has 0 saturated carbocycles. The van der Waals surface area contributed by atoms with Gasteiger partial charge in [0.1, 0.15) is 5.97 Å². The van der Waals surface area contributed by atoms with Crippen LogP contribution in [0.5, 0.6) is 0 Å². The van der Waals surface area contributed by atoms with Gasteiger partial charge in [-0.2, -0.15) is 8.78 Å². The molecule has 0 N–H and O–H groups in total. The van der Waals surface area contributed by atoms with E-state index in [1.54, 1.807) is 0 Å². The maximum absolute atomic E-state index is 11.2. The number of alkyl halides is 3. The van der Waals surface area contributed by atoms with E-state index in [1.807, 2.05) is 0 Å². The molecule has 0 amide bonds. The standard InChI is InChI=1S/C3H3F3O2.Cs/c4-1-3(5,6)2(7)8;/h1H2,(H,7,8);/q;+1/p-1. The predicted octanol–water partition coefficient (Wildman–Crippen LogP) is -3.65. The molecule has 0 unspecified atom stereocenters. The Kier molecular flexibility index (Phi) is 7.23. The summed E-state index contributed by atoms with van der Waals surface area (Å²) in [4.78, 5) is 9.15. The summed E-state index contributed by atoms with van der Waals surface area (Å²) in [5.74, 6) is -7.00. The maximum atomic E-state index is 11.2. The van der Waals surface area contributed by atoms with Gasteiger partial charge in [-0.15, -0.1) is 0 Å². The number of rotatable bonds is 2. The van der Waals surface area contributed by atoms with Gasteiger partial charge in [-0.3, -0.25) is 0 Å². The van der Waals surface area contributed by atoms with Gasteiger partial charge in [0, 0.05) is 0 Å². The number of aliphatic carboxylic acids is 1. The minimum atomic E-state index is -4.32. The Bertz CT molecular complexity index is 105. The number of carboxylic acids is 1. The predicted molar refractivity (Wildman–Crippen MR) is 15.9 cm³/mol. The molecule has 0 rings (SSSR count). The average molecular weight is 260 g/mol. The molecular weight excluding hydrogens is 258 g/mol. The molecule has 48 valence electrons. The number of carbonyl (C=O) groups excluding carboxylic acids is 1. The molecule has 0 fully saturated rings. The van der Waals surface area contributed by atoms with E-state index in [-0.39, 0.29) is 68.9 Å². The van der Waals surface area contributed by atoms with Crippen molar-refractivity contribution in [1.82, 2.24) is 0 Å². The fraction of sp³-hybridized carbons (Fsp3) is 0.667. The molecule has 0 aliphatic carbocycles. The maximum Gasteiger partial charge on any atom is 1.00 e. The summed E-state index contributed by atoms with van der Waals surface area (Å²) < 4.78 is 33.3. The molecule has 2 nitrogen and oxygen atoms in total.